The van der Waals surface area contributed by atoms with E-state index in [2.05, 4.69) is 9.82 Å². The number of sulfonamides is 1. The van der Waals surface area contributed by atoms with Crippen molar-refractivity contribution in [1.29, 1.82) is 0 Å². The Morgan fingerprint density at radius 3 is 2.54 bits per heavy atom. The van der Waals surface area contributed by atoms with Crippen LogP contribution in [0.1, 0.15) is 18.2 Å². The van der Waals surface area contributed by atoms with Gasteiger partial charge in [-0.15, -0.1) is 0 Å². The van der Waals surface area contributed by atoms with E-state index >= 15 is 0 Å². The molecule has 1 aromatic heterocycles. The van der Waals surface area contributed by atoms with Crippen LogP contribution in [-0.2, 0) is 16.6 Å². The number of nitrogens with one attached hydrogen (secondary N) is 1. The summed E-state index contributed by atoms with van der Waals surface area (Å²) in [5.74, 6) is 0.627. The van der Waals surface area contributed by atoms with E-state index in [0.717, 1.165) is 5.56 Å². The summed E-state index contributed by atoms with van der Waals surface area (Å²) in [6.45, 7) is 6.01. The third kappa shape index (κ3) is 4.56. The molecular formula is C16H23N3O4S. The van der Waals surface area contributed by atoms with Crippen molar-refractivity contribution in [2.45, 2.75) is 38.3 Å². The number of ether oxygens (including phenoxy) is 1. The Morgan fingerprint density at radius 2 is 1.96 bits per heavy atom. The topological polar surface area (TPSA) is 93.5 Å². The van der Waals surface area contributed by atoms with Crippen molar-refractivity contribution in [3.05, 3.63) is 41.7 Å². The molecule has 2 N–H and O–H groups in total. The van der Waals surface area contributed by atoms with Gasteiger partial charge in [-0.3, -0.25) is 4.68 Å². The molecule has 0 aliphatic carbocycles. The van der Waals surface area contributed by atoms with Gasteiger partial charge >= 0.3 is 0 Å². The number of hydrogen-bond acceptors (Lipinski definition) is 5. The number of aryl methyl sites for hydroxylation is 2. The average Bonchev–Trinajstić information content (AvgIpc) is 2.94. The van der Waals surface area contributed by atoms with E-state index in [1.165, 1.54) is 6.20 Å². The second kappa shape index (κ2) is 7.78. The molecule has 0 amide bonds. The van der Waals surface area contributed by atoms with E-state index in [9.17, 15) is 13.5 Å². The van der Waals surface area contributed by atoms with E-state index < -0.39 is 16.1 Å². The van der Waals surface area contributed by atoms with Crippen LogP contribution in [0.5, 0.6) is 5.75 Å². The third-order valence-corrected chi connectivity index (χ3v) is 5.15. The summed E-state index contributed by atoms with van der Waals surface area (Å²) in [4.78, 5) is 0.121. The maximum absolute atomic E-state index is 12.3. The van der Waals surface area contributed by atoms with Crippen LogP contribution in [0.15, 0.2) is 35.4 Å². The highest BCUT2D eigenvalue weighted by atomic mass is 32.2. The van der Waals surface area contributed by atoms with Crippen LogP contribution >= 0.6 is 0 Å². The number of nitrogens with zero attached hydrogens (tertiary/aromatic N) is 2. The molecule has 1 heterocycles. The fraction of sp³-hybridized carbons (Fsp3) is 0.438. The Kier molecular flexibility index (Phi) is 5.98. The van der Waals surface area contributed by atoms with Gasteiger partial charge in [0.2, 0.25) is 10.0 Å². The maximum atomic E-state index is 12.3. The standard InChI is InChI=1S/C16H23N3O4S/c1-4-19-13(3)16(10-17-19)24(21,22)18-9-14(20)11-23-15-7-5-12(2)6-8-15/h5-8,10,14,18,20H,4,9,11H2,1-3H3/t14-/m0/s1. The van der Waals surface area contributed by atoms with Crippen LogP contribution in [-0.4, -0.2) is 42.6 Å². The molecule has 2 aromatic rings. The summed E-state index contributed by atoms with van der Waals surface area (Å²) < 4.78 is 34.0. The van der Waals surface area contributed by atoms with Gasteiger partial charge in [-0.2, -0.15) is 5.10 Å². The quantitative estimate of drug-likeness (QED) is 0.745. The van der Waals surface area contributed by atoms with E-state index in [-0.39, 0.29) is 18.0 Å². The van der Waals surface area contributed by atoms with Gasteiger partial charge in [-0.25, -0.2) is 13.1 Å². The van der Waals surface area contributed by atoms with Gasteiger partial charge in [0.05, 0.1) is 11.9 Å². The van der Waals surface area contributed by atoms with Gasteiger partial charge < -0.3 is 9.84 Å². The third-order valence-electron chi connectivity index (χ3n) is 3.62. The largest absolute Gasteiger partial charge is 0.491 e. The predicted octanol–water partition coefficient (Wildman–Crippen LogP) is 1.24. The molecular weight excluding hydrogens is 330 g/mol. The number of aliphatic hydroxyl groups excluding tert-OH is 1. The molecule has 1 atom stereocenters. The first kappa shape index (κ1) is 18.4. The van der Waals surface area contributed by atoms with Crippen molar-refractivity contribution in [2.24, 2.45) is 0 Å². The Hall–Kier alpha value is -1.90. The first-order valence-electron chi connectivity index (χ1n) is 7.73. The highest BCUT2D eigenvalue weighted by molar-refractivity contribution is 7.89. The summed E-state index contributed by atoms with van der Waals surface area (Å²) in [6, 6.07) is 7.40. The molecule has 0 aliphatic heterocycles. The Bertz CT molecular complexity index is 769. The maximum Gasteiger partial charge on any atom is 0.244 e. The molecule has 24 heavy (non-hydrogen) atoms. The van der Waals surface area contributed by atoms with Gasteiger partial charge in [0, 0.05) is 13.1 Å². The van der Waals surface area contributed by atoms with E-state index in [1.54, 1.807) is 23.7 Å². The summed E-state index contributed by atoms with van der Waals surface area (Å²) >= 11 is 0. The molecule has 0 radical (unpaired) electrons. The summed E-state index contributed by atoms with van der Waals surface area (Å²) in [5.41, 5.74) is 1.68. The van der Waals surface area contributed by atoms with Crippen LogP contribution in [0.25, 0.3) is 0 Å². The smallest absolute Gasteiger partial charge is 0.244 e. The number of aromatic nitrogens is 2. The van der Waals surface area contributed by atoms with Gasteiger partial charge in [0.15, 0.2) is 0 Å². The molecule has 132 valence electrons. The van der Waals surface area contributed by atoms with Crippen LogP contribution in [0, 0.1) is 13.8 Å². The van der Waals surface area contributed by atoms with Gasteiger partial charge in [-0.1, -0.05) is 17.7 Å². The normalized spacial score (nSPS) is 13.0. The average molecular weight is 353 g/mol. The predicted molar refractivity (Wildman–Crippen MR) is 90.5 cm³/mol. The first-order chi connectivity index (χ1) is 11.3. The highest BCUT2D eigenvalue weighted by Gasteiger charge is 2.21. The van der Waals surface area contributed by atoms with Crippen molar-refractivity contribution in [3.63, 3.8) is 0 Å². The van der Waals surface area contributed by atoms with Crippen molar-refractivity contribution < 1.29 is 18.3 Å². The van der Waals surface area contributed by atoms with E-state index in [0.29, 0.717) is 18.0 Å². The number of rotatable bonds is 8. The zero-order chi connectivity index (χ0) is 17.7. The van der Waals surface area contributed by atoms with Crippen molar-refractivity contribution >= 4 is 10.0 Å². The van der Waals surface area contributed by atoms with Gasteiger partial charge in [0.1, 0.15) is 23.4 Å². The van der Waals surface area contributed by atoms with Crippen molar-refractivity contribution in [3.8, 4) is 5.75 Å². The molecule has 0 saturated carbocycles. The van der Waals surface area contributed by atoms with E-state index in [4.69, 9.17) is 4.74 Å². The number of hydrogen-bond donors (Lipinski definition) is 2. The Labute approximate surface area is 142 Å². The fourth-order valence-electron chi connectivity index (χ4n) is 2.18. The Morgan fingerprint density at radius 1 is 1.29 bits per heavy atom. The number of aliphatic hydroxyl groups is 1. The molecule has 0 spiro atoms. The molecule has 8 heteroatoms. The minimum atomic E-state index is -3.71. The molecule has 0 saturated heterocycles. The second-order valence-corrected chi connectivity index (χ2v) is 7.28. The van der Waals surface area contributed by atoms with Gasteiger partial charge in [0.25, 0.3) is 0 Å². The van der Waals surface area contributed by atoms with Crippen LogP contribution in [0.3, 0.4) is 0 Å². The van der Waals surface area contributed by atoms with Crippen molar-refractivity contribution in [1.82, 2.24) is 14.5 Å². The lowest BCUT2D eigenvalue weighted by Gasteiger charge is -2.13. The lowest BCUT2D eigenvalue weighted by atomic mass is 10.2. The zero-order valence-corrected chi connectivity index (χ0v) is 14.9. The summed E-state index contributed by atoms with van der Waals surface area (Å²) in [7, 11) is -3.71. The lowest BCUT2D eigenvalue weighted by Crippen LogP contribution is -2.35. The minimum Gasteiger partial charge on any atom is -0.491 e. The highest BCUT2D eigenvalue weighted by Crippen LogP contribution is 2.14. The van der Waals surface area contributed by atoms with Crippen LogP contribution in [0.4, 0.5) is 0 Å². The molecule has 0 bridgehead atoms. The summed E-state index contributed by atoms with van der Waals surface area (Å²) in [6.07, 6.45) is 0.360. The first-order valence-corrected chi connectivity index (χ1v) is 9.21. The monoisotopic (exact) mass is 353 g/mol. The van der Waals surface area contributed by atoms with Crippen LogP contribution < -0.4 is 9.46 Å². The molecule has 0 unspecified atom stereocenters. The fourth-order valence-corrected chi connectivity index (χ4v) is 3.43. The molecule has 7 nitrogen and oxygen atoms in total. The summed E-state index contributed by atoms with van der Waals surface area (Å²) in [5, 5.41) is 13.9. The molecule has 1 aromatic carbocycles. The lowest BCUT2D eigenvalue weighted by molar-refractivity contribution is 0.111. The second-order valence-electron chi connectivity index (χ2n) is 5.54. The molecule has 0 fully saturated rings. The zero-order valence-electron chi connectivity index (χ0n) is 14.1. The van der Waals surface area contributed by atoms with Crippen molar-refractivity contribution in [2.75, 3.05) is 13.2 Å². The Balaban J connectivity index is 1.89. The van der Waals surface area contributed by atoms with E-state index in [1.807, 2.05) is 26.0 Å². The molecule has 0 aliphatic rings. The van der Waals surface area contributed by atoms with Crippen LogP contribution in [0.2, 0.25) is 0 Å². The number of benzene rings is 1. The SMILES string of the molecule is CCn1ncc(S(=O)(=O)NC[C@H](O)COc2ccc(C)cc2)c1C. The van der Waals surface area contributed by atoms with Gasteiger partial charge in [-0.05, 0) is 32.9 Å². The molecule has 2 rings (SSSR count). The minimum absolute atomic E-state index is 0.00121.